The van der Waals surface area contributed by atoms with Gasteiger partial charge in [0.05, 0.1) is 37.2 Å². The van der Waals surface area contributed by atoms with Crippen molar-refractivity contribution in [3.63, 3.8) is 0 Å². The fourth-order valence-electron chi connectivity index (χ4n) is 2.51. The van der Waals surface area contributed by atoms with Crippen LogP contribution in [0.1, 0.15) is 10.5 Å². The molecule has 146 valence electrons. The second kappa shape index (κ2) is 8.63. The number of anilines is 2. The van der Waals surface area contributed by atoms with Crippen molar-refractivity contribution >= 4 is 28.9 Å². The van der Waals surface area contributed by atoms with Crippen molar-refractivity contribution in [1.29, 1.82) is 0 Å². The van der Waals surface area contributed by atoms with E-state index in [2.05, 4.69) is 25.6 Å². The van der Waals surface area contributed by atoms with E-state index in [4.69, 9.17) is 21.1 Å². The summed E-state index contributed by atoms with van der Waals surface area (Å²) in [6.45, 7) is 1.07. The molecule has 0 bridgehead atoms. The maximum atomic E-state index is 11.4. The number of halogens is 1. The molecule has 10 nitrogen and oxygen atoms in total. The van der Waals surface area contributed by atoms with Crippen LogP contribution >= 0.6 is 11.6 Å². The highest BCUT2D eigenvalue weighted by atomic mass is 35.5. The topological polar surface area (TPSA) is 124 Å². The van der Waals surface area contributed by atoms with E-state index in [0.717, 1.165) is 0 Å². The smallest absolute Gasteiger partial charge is 0.358 e. The Balaban J connectivity index is 1.98. The number of carboxylic acid groups (broad SMARTS) is 1. The molecule has 3 aromatic rings. The van der Waals surface area contributed by atoms with Crippen LogP contribution in [0.15, 0.2) is 30.6 Å². The molecule has 2 heterocycles. The summed E-state index contributed by atoms with van der Waals surface area (Å²) >= 11 is 5.86. The maximum absolute atomic E-state index is 11.4. The molecule has 0 spiro atoms. The van der Waals surface area contributed by atoms with E-state index in [1.807, 2.05) is 0 Å². The zero-order chi connectivity index (χ0) is 20.1. The first-order valence-corrected chi connectivity index (χ1v) is 8.50. The summed E-state index contributed by atoms with van der Waals surface area (Å²) in [6.07, 6.45) is 1.60. The monoisotopic (exact) mass is 404 g/mol. The molecule has 28 heavy (non-hydrogen) atoms. The Kier molecular flexibility index (Phi) is 6.02. The molecular weight excluding hydrogens is 388 g/mol. The SMILES string of the molecule is COCCn1cnc(-c2cccc(Nc3cc(Cl)nnc3C(=O)O)c2OC)n1. The van der Waals surface area contributed by atoms with Crippen LogP contribution in [0.2, 0.25) is 5.15 Å². The van der Waals surface area contributed by atoms with E-state index < -0.39 is 5.97 Å². The van der Waals surface area contributed by atoms with Crippen LogP contribution in [0.4, 0.5) is 11.4 Å². The predicted octanol–water partition coefficient (Wildman–Crippen LogP) is 2.49. The first-order valence-electron chi connectivity index (χ1n) is 8.12. The van der Waals surface area contributed by atoms with Crippen molar-refractivity contribution in [2.24, 2.45) is 0 Å². The number of rotatable bonds is 8. The molecule has 0 saturated heterocycles. The van der Waals surface area contributed by atoms with Gasteiger partial charge in [-0.25, -0.2) is 9.78 Å². The number of aromatic nitrogens is 5. The van der Waals surface area contributed by atoms with Gasteiger partial charge in [0.25, 0.3) is 0 Å². The van der Waals surface area contributed by atoms with Gasteiger partial charge in [0.15, 0.2) is 22.4 Å². The maximum Gasteiger partial charge on any atom is 0.358 e. The summed E-state index contributed by atoms with van der Waals surface area (Å²) in [5.41, 5.74) is 1.05. The zero-order valence-electron chi connectivity index (χ0n) is 15.1. The van der Waals surface area contributed by atoms with Crippen LogP contribution in [-0.4, -0.2) is 56.9 Å². The molecule has 0 aliphatic rings. The normalized spacial score (nSPS) is 10.7. The number of hydrogen-bond donors (Lipinski definition) is 2. The van der Waals surface area contributed by atoms with Gasteiger partial charge in [-0.15, -0.1) is 10.2 Å². The Morgan fingerprint density at radius 3 is 2.82 bits per heavy atom. The summed E-state index contributed by atoms with van der Waals surface area (Å²) in [6, 6.07) is 6.68. The Labute approximate surface area is 165 Å². The fourth-order valence-corrected chi connectivity index (χ4v) is 2.66. The lowest BCUT2D eigenvalue weighted by atomic mass is 10.1. The summed E-state index contributed by atoms with van der Waals surface area (Å²) in [4.78, 5) is 15.7. The second-order valence-corrected chi connectivity index (χ2v) is 5.96. The number of ether oxygens (including phenoxy) is 2. The summed E-state index contributed by atoms with van der Waals surface area (Å²) in [5.74, 6) is -0.336. The van der Waals surface area contributed by atoms with E-state index in [0.29, 0.717) is 36.0 Å². The molecule has 0 saturated carbocycles. The Bertz CT molecular complexity index is 994. The molecule has 2 N–H and O–H groups in total. The quantitative estimate of drug-likeness (QED) is 0.582. The number of carbonyl (C=O) groups is 1. The van der Waals surface area contributed by atoms with Crippen molar-refractivity contribution < 1.29 is 19.4 Å². The average molecular weight is 405 g/mol. The first kappa shape index (κ1) is 19.5. The van der Waals surface area contributed by atoms with Gasteiger partial charge in [-0.1, -0.05) is 17.7 Å². The summed E-state index contributed by atoms with van der Waals surface area (Å²) < 4.78 is 12.2. The number of methoxy groups -OCH3 is 2. The lowest BCUT2D eigenvalue weighted by molar-refractivity contribution is 0.0690. The van der Waals surface area contributed by atoms with E-state index >= 15 is 0 Å². The van der Waals surface area contributed by atoms with Crippen LogP contribution in [0.25, 0.3) is 11.4 Å². The highest BCUT2D eigenvalue weighted by Gasteiger charge is 2.18. The highest BCUT2D eigenvalue weighted by molar-refractivity contribution is 6.29. The lowest BCUT2D eigenvalue weighted by Crippen LogP contribution is -2.08. The van der Waals surface area contributed by atoms with E-state index in [1.54, 1.807) is 36.3 Å². The van der Waals surface area contributed by atoms with Crippen LogP contribution in [-0.2, 0) is 11.3 Å². The fraction of sp³-hybridized carbons (Fsp3) is 0.235. The minimum atomic E-state index is -1.24. The van der Waals surface area contributed by atoms with Gasteiger partial charge >= 0.3 is 5.97 Å². The third kappa shape index (κ3) is 4.18. The van der Waals surface area contributed by atoms with Crippen LogP contribution in [0, 0.1) is 0 Å². The molecule has 1 aromatic carbocycles. The molecule has 0 unspecified atom stereocenters. The number of benzene rings is 1. The van der Waals surface area contributed by atoms with Crippen molar-refractivity contribution in [3.8, 4) is 17.1 Å². The molecule has 0 amide bonds. The van der Waals surface area contributed by atoms with Crippen molar-refractivity contribution in [2.45, 2.75) is 6.54 Å². The molecular formula is C17H17ClN6O4. The number of para-hydroxylation sites is 1. The van der Waals surface area contributed by atoms with Gasteiger partial charge < -0.3 is 19.9 Å². The minimum absolute atomic E-state index is 0.0566. The number of nitrogens with zero attached hydrogens (tertiary/aromatic N) is 5. The van der Waals surface area contributed by atoms with Crippen molar-refractivity contribution in [2.75, 3.05) is 26.1 Å². The van der Waals surface area contributed by atoms with Crippen molar-refractivity contribution in [1.82, 2.24) is 25.0 Å². The molecule has 0 aliphatic heterocycles. The van der Waals surface area contributed by atoms with E-state index in [9.17, 15) is 9.90 Å². The van der Waals surface area contributed by atoms with Crippen LogP contribution in [0.5, 0.6) is 5.75 Å². The largest absolute Gasteiger partial charge is 0.494 e. The predicted molar refractivity (Wildman–Crippen MR) is 101 cm³/mol. The standard InChI is InChI=1S/C17H17ClN6O4/c1-27-7-6-24-9-19-16(23-24)10-4-3-5-11(15(10)28-2)20-12-8-13(18)21-22-14(12)17(25)26/h3-5,8-9H,6-7H2,1-2H3,(H,20,21)(H,25,26). The van der Waals surface area contributed by atoms with Gasteiger partial charge in [-0.05, 0) is 12.1 Å². The minimum Gasteiger partial charge on any atom is -0.494 e. The van der Waals surface area contributed by atoms with Crippen LogP contribution < -0.4 is 10.1 Å². The summed E-state index contributed by atoms with van der Waals surface area (Å²) in [7, 11) is 3.11. The zero-order valence-corrected chi connectivity index (χ0v) is 15.8. The average Bonchev–Trinajstić information content (AvgIpc) is 3.14. The highest BCUT2D eigenvalue weighted by Crippen LogP contribution is 2.37. The molecule has 0 fully saturated rings. The third-order valence-electron chi connectivity index (χ3n) is 3.76. The van der Waals surface area contributed by atoms with Gasteiger partial charge in [0.1, 0.15) is 6.33 Å². The van der Waals surface area contributed by atoms with E-state index in [1.165, 1.54) is 13.2 Å². The number of carboxylic acids is 1. The Morgan fingerprint density at radius 2 is 2.11 bits per heavy atom. The molecule has 2 aromatic heterocycles. The molecule has 11 heteroatoms. The Hall–Kier alpha value is -3.24. The Morgan fingerprint density at radius 1 is 1.29 bits per heavy atom. The number of hydrogen-bond acceptors (Lipinski definition) is 8. The lowest BCUT2D eigenvalue weighted by Gasteiger charge is -2.14. The second-order valence-electron chi connectivity index (χ2n) is 5.57. The first-order chi connectivity index (χ1) is 13.5. The van der Waals surface area contributed by atoms with Gasteiger partial charge in [-0.3, -0.25) is 4.68 Å². The molecule has 3 rings (SSSR count). The number of aromatic carboxylic acids is 1. The van der Waals surface area contributed by atoms with Gasteiger partial charge in [-0.2, -0.15) is 5.10 Å². The van der Waals surface area contributed by atoms with Gasteiger partial charge in [0, 0.05) is 13.2 Å². The molecule has 0 atom stereocenters. The molecule has 0 radical (unpaired) electrons. The molecule has 0 aliphatic carbocycles. The summed E-state index contributed by atoms with van der Waals surface area (Å²) in [5, 5.41) is 24.0. The van der Waals surface area contributed by atoms with Crippen molar-refractivity contribution in [3.05, 3.63) is 41.4 Å². The van der Waals surface area contributed by atoms with Crippen LogP contribution in [0.3, 0.4) is 0 Å². The van der Waals surface area contributed by atoms with E-state index in [-0.39, 0.29) is 16.5 Å². The van der Waals surface area contributed by atoms with Gasteiger partial charge in [0.2, 0.25) is 0 Å². The number of nitrogens with one attached hydrogen (secondary N) is 1. The third-order valence-corrected chi connectivity index (χ3v) is 3.94.